The van der Waals surface area contributed by atoms with E-state index in [0.29, 0.717) is 5.56 Å². The number of hydrogen-bond acceptors (Lipinski definition) is 4. The molecule has 0 atom stereocenters. The van der Waals surface area contributed by atoms with E-state index in [4.69, 9.17) is 0 Å². The number of nitro groups is 1. The number of nitrogens with zero attached hydrogens (tertiary/aromatic N) is 2. The molecule has 1 aromatic rings. The summed E-state index contributed by atoms with van der Waals surface area (Å²) < 4.78 is 0. The highest BCUT2D eigenvalue weighted by Gasteiger charge is 2.06. The van der Waals surface area contributed by atoms with E-state index in [-0.39, 0.29) is 11.2 Å². The molecular weight excluding hydrogens is 206 g/mol. The van der Waals surface area contributed by atoms with Gasteiger partial charge in [-0.3, -0.25) is 10.1 Å². The topological polar surface area (TPSA) is 67.5 Å². The molecule has 0 aliphatic carbocycles. The van der Waals surface area contributed by atoms with Crippen molar-refractivity contribution in [2.45, 2.75) is 26.3 Å². The fourth-order valence-electron chi connectivity index (χ4n) is 1.02. The molecule has 86 valence electrons. The molecule has 1 N–H and O–H groups in total. The number of hydrogen-bond donors (Lipinski definition) is 1. The van der Waals surface area contributed by atoms with Crippen LogP contribution in [-0.4, -0.2) is 16.7 Å². The van der Waals surface area contributed by atoms with Crippen molar-refractivity contribution in [1.29, 1.82) is 0 Å². The van der Waals surface area contributed by atoms with Crippen molar-refractivity contribution in [2.24, 2.45) is 5.10 Å². The summed E-state index contributed by atoms with van der Waals surface area (Å²) in [5, 5.41) is 14.5. The Labute approximate surface area is 94.3 Å². The van der Waals surface area contributed by atoms with Gasteiger partial charge in [-0.1, -0.05) is 12.1 Å². The van der Waals surface area contributed by atoms with Gasteiger partial charge in [0.1, 0.15) is 0 Å². The molecule has 5 nitrogen and oxygen atoms in total. The SMILES string of the molecule is CC(C)(C)N/N=C/c1cccc([N+](=O)[O-])c1. The number of non-ortho nitro benzene ring substituents is 1. The number of nitrogens with one attached hydrogen (secondary N) is 1. The monoisotopic (exact) mass is 221 g/mol. The van der Waals surface area contributed by atoms with Crippen LogP contribution in [0.25, 0.3) is 0 Å². The second-order valence-corrected chi connectivity index (χ2v) is 4.47. The molecule has 0 fully saturated rings. The largest absolute Gasteiger partial charge is 0.305 e. The third-order valence-corrected chi connectivity index (χ3v) is 1.69. The summed E-state index contributed by atoms with van der Waals surface area (Å²) in [6.45, 7) is 5.95. The Morgan fingerprint density at radius 3 is 2.69 bits per heavy atom. The van der Waals surface area contributed by atoms with Crippen LogP contribution < -0.4 is 5.43 Å². The lowest BCUT2D eigenvalue weighted by molar-refractivity contribution is -0.384. The third-order valence-electron chi connectivity index (χ3n) is 1.69. The van der Waals surface area contributed by atoms with Gasteiger partial charge in [0.2, 0.25) is 0 Å². The Balaban J connectivity index is 2.74. The molecule has 5 heteroatoms. The Morgan fingerprint density at radius 2 is 2.12 bits per heavy atom. The zero-order valence-electron chi connectivity index (χ0n) is 9.60. The van der Waals surface area contributed by atoms with Crippen LogP contribution in [0.1, 0.15) is 26.3 Å². The van der Waals surface area contributed by atoms with Crippen LogP contribution >= 0.6 is 0 Å². The van der Waals surface area contributed by atoms with Crippen LogP contribution in [0, 0.1) is 10.1 Å². The van der Waals surface area contributed by atoms with Crippen molar-refractivity contribution in [1.82, 2.24) is 5.43 Å². The third kappa shape index (κ3) is 4.08. The average Bonchev–Trinajstić information content (AvgIpc) is 2.16. The molecule has 0 aromatic heterocycles. The van der Waals surface area contributed by atoms with Gasteiger partial charge in [-0.15, -0.1) is 0 Å². The first-order chi connectivity index (χ1) is 7.38. The Morgan fingerprint density at radius 1 is 1.44 bits per heavy atom. The lowest BCUT2D eigenvalue weighted by Crippen LogP contribution is -2.31. The van der Waals surface area contributed by atoms with Gasteiger partial charge >= 0.3 is 0 Å². The van der Waals surface area contributed by atoms with E-state index >= 15 is 0 Å². The zero-order valence-corrected chi connectivity index (χ0v) is 9.60. The molecule has 0 bridgehead atoms. The Kier molecular flexibility index (Phi) is 3.60. The van der Waals surface area contributed by atoms with Gasteiger partial charge in [-0.25, -0.2) is 0 Å². The normalized spacial score (nSPS) is 11.7. The smallest absolute Gasteiger partial charge is 0.270 e. The highest BCUT2D eigenvalue weighted by molar-refractivity contribution is 5.80. The average molecular weight is 221 g/mol. The molecule has 0 saturated carbocycles. The minimum absolute atomic E-state index is 0.0692. The van der Waals surface area contributed by atoms with Crippen molar-refractivity contribution < 1.29 is 4.92 Å². The van der Waals surface area contributed by atoms with Crippen LogP contribution in [-0.2, 0) is 0 Å². The molecule has 16 heavy (non-hydrogen) atoms. The van der Waals surface area contributed by atoms with E-state index in [2.05, 4.69) is 10.5 Å². The Hall–Kier alpha value is -1.91. The van der Waals surface area contributed by atoms with Crippen molar-refractivity contribution >= 4 is 11.9 Å². The maximum atomic E-state index is 10.5. The standard InChI is InChI=1S/C11H15N3O2/c1-11(2,3)13-12-8-9-5-4-6-10(7-9)14(15)16/h4-8,13H,1-3H3/b12-8+. The number of rotatable bonds is 3. The van der Waals surface area contributed by atoms with Crippen LogP contribution in [0.2, 0.25) is 0 Å². The second kappa shape index (κ2) is 4.74. The number of hydrazone groups is 1. The molecule has 0 radical (unpaired) electrons. The van der Waals surface area contributed by atoms with E-state index in [9.17, 15) is 10.1 Å². The van der Waals surface area contributed by atoms with Crippen molar-refractivity contribution in [2.75, 3.05) is 0 Å². The van der Waals surface area contributed by atoms with Gasteiger partial charge in [0.15, 0.2) is 0 Å². The summed E-state index contributed by atoms with van der Waals surface area (Å²) in [7, 11) is 0. The molecule has 0 aliphatic rings. The van der Waals surface area contributed by atoms with E-state index in [0.717, 1.165) is 0 Å². The quantitative estimate of drug-likeness (QED) is 0.484. The number of nitro benzene ring substituents is 1. The van der Waals surface area contributed by atoms with E-state index in [1.54, 1.807) is 18.3 Å². The minimum Gasteiger partial charge on any atom is -0.305 e. The highest BCUT2D eigenvalue weighted by Crippen LogP contribution is 2.11. The molecular formula is C11H15N3O2. The fourth-order valence-corrected chi connectivity index (χ4v) is 1.02. The fraction of sp³-hybridized carbons (Fsp3) is 0.364. The van der Waals surface area contributed by atoms with Gasteiger partial charge < -0.3 is 5.43 Å². The summed E-state index contributed by atoms with van der Waals surface area (Å²) in [6, 6.07) is 6.33. The lowest BCUT2D eigenvalue weighted by Gasteiger charge is -2.16. The first kappa shape index (κ1) is 12.2. The van der Waals surface area contributed by atoms with Crippen LogP contribution in [0.4, 0.5) is 5.69 Å². The van der Waals surface area contributed by atoms with Crippen LogP contribution in [0.3, 0.4) is 0 Å². The van der Waals surface area contributed by atoms with Gasteiger partial charge in [-0.2, -0.15) is 5.10 Å². The minimum atomic E-state index is -0.422. The van der Waals surface area contributed by atoms with E-state index in [1.165, 1.54) is 12.1 Å². The second-order valence-electron chi connectivity index (χ2n) is 4.47. The predicted molar refractivity (Wildman–Crippen MR) is 63.6 cm³/mol. The molecule has 0 heterocycles. The molecule has 0 aliphatic heterocycles. The number of benzene rings is 1. The highest BCUT2D eigenvalue weighted by atomic mass is 16.6. The summed E-state index contributed by atoms with van der Waals surface area (Å²) in [6.07, 6.45) is 1.57. The zero-order chi connectivity index (χ0) is 12.2. The van der Waals surface area contributed by atoms with Crippen molar-refractivity contribution in [3.8, 4) is 0 Å². The lowest BCUT2D eigenvalue weighted by atomic mass is 10.1. The van der Waals surface area contributed by atoms with E-state index in [1.807, 2.05) is 20.8 Å². The van der Waals surface area contributed by atoms with Gasteiger partial charge in [-0.05, 0) is 20.8 Å². The van der Waals surface area contributed by atoms with Crippen LogP contribution in [0.5, 0.6) is 0 Å². The van der Waals surface area contributed by atoms with Crippen molar-refractivity contribution in [3.05, 3.63) is 39.9 Å². The van der Waals surface area contributed by atoms with Gasteiger partial charge in [0.25, 0.3) is 5.69 Å². The van der Waals surface area contributed by atoms with E-state index < -0.39 is 4.92 Å². The molecule has 1 aromatic carbocycles. The first-order valence-corrected chi connectivity index (χ1v) is 4.93. The van der Waals surface area contributed by atoms with Gasteiger partial charge in [0, 0.05) is 23.2 Å². The molecule has 0 amide bonds. The molecule has 1 rings (SSSR count). The summed E-state index contributed by atoms with van der Waals surface area (Å²) in [5.74, 6) is 0. The van der Waals surface area contributed by atoms with Crippen molar-refractivity contribution in [3.63, 3.8) is 0 Å². The summed E-state index contributed by atoms with van der Waals surface area (Å²) in [4.78, 5) is 10.1. The maximum absolute atomic E-state index is 10.5. The molecule has 0 spiro atoms. The summed E-state index contributed by atoms with van der Waals surface area (Å²) in [5.41, 5.74) is 3.57. The first-order valence-electron chi connectivity index (χ1n) is 4.93. The predicted octanol–water partition coefficient (Wildman–Crippen LogP) is 2.32. The van der Waals surface area contributed by atoms with Crippen LogP contribution in [0.15, 0.2) is 29.4 Å². The molecule has 0 unspecified atom stereocenters. The van der Waals surface area contributed by atoms with Gasteiger partial charge in [0.05, 0.1) is 11.1 Å². The molecule has 0 saturated heterocycles. The Bertz CT molecular complexity index is 408. The summed E-state index contributed by atoms with van der Waals surface area (Å²) >= 11 is 0. The maximum Gasteiger partial charge on any atom is 0.270 e.